The fourth-order valence-electron chi connectivity index (χ4n) is 8.42. The van der Waals surface area contributed by atoms with Crippen LogP contribution in [0.2, 0.25) is 0 Å². The van der Waals surface area contributed by atoms with Gasteiger partial charge in [-0.15, -0.1) is 0 Å². The molecule has 2 unspecified atom stereocenters. The Morgan fingerprint density at radius 1 is 0.431 bits per heavy atom. The Kier molecular flexibility index (Phi) is 52.6. The van der Waals surface area contributed by atoms with Gasteiger partial charge in [0.05, 0.1) is 25.4 Å². The van der Waals surface area contributed by atoms with Crippen LogP contribution >= 0.6 is 0 Å². The van der Waals surface area contributed by atoms with E-state index in [1.54, 1.807) is 6.08 Å². The molecule has 0 saturated heterocycles. The Hall–Kier alpha value is -2.18. The number of allylic oxidation sites excluding steroid dienone is 7. The van der Waals surface area contributed by atoms with E-state index in [1.807, 2.05) is 6.08 Å². The normalized spacial score (nSPS) is 13.0. The van der Waals surface area contributed by atoms with Crippen LogP contribution in [0.25, 0.3) is 0 Å². The molecule has 0 aromatic rings. The number of nitrogens with one attached hydrogen (secondary N) is 1. The van der Waals surface area contributed by atoms with E-state index >= 15 is 0 Å². The molecule has 0 aliphatic rings. The first-order chi connectivity index (χ1) is 32.0. The van der Waals surface area contributed by atoms with Gasteiger partial charge in [0, 0.05) is 12.8 Å². The number of ether oxygens (including phenoxy) is 1. The van der Waals surface area contributed by atoms with Gasteiger partial charge >= 0.3 is 5.97 Å². The average molecular weight is 913 g/mol. The number of amides is 1. The van der Waals surface area contributed by atoms with Crippen molar-refractivity contribution in [1.82, 2.24) is 5.32 Å². The smallest absolute Gasteiger partial charge is 0.305 e. The molecule has 0 radical (unpaired) electrons. The highest BCUT2D eigenvalue weighted by molar-refractivity contribution is 5.76. The number of rotatable bonds is 52. The monoisotopic (exact) mass is 912 g/mol. The zero-order valence-corrected chi connectivity index (χ0v) is 43.2. The fraction of sp³-hybridized carbons (Fsp3) is 0.831. The molecule has 6 nitrogen and oxygen atoms in total. The van der Waals surface area contributed by atoms with E-state index < -0.39 is 12.1 Å². The van der Waals surface area contributed by atoms with E-state index in [-0.39, 0.29) is 18.5 Å². The maximum absolute atomic E-state index is 12.4. The Morgan fingerprint density at radius 2 is 0.769 bits per heavy atom. The number of esters is 1. The third-order valence-electron chi connectivity index (χ3n) is 12.8. The molecule has 2 atom stereocenters. The van der Waals surface area contributed by atoms with Gasteiger partial charge in [0.1, 0.15) is 0 Å². The maximum atomic E-state index is 12.4. The Morgan fingerprint density at radius 3 is 1.20 bits per heavy atom. The Labute approximate surface area is 404 Å². The molecule has 3 N–H and O–H groups in total. The third-order valence-corrected chi connectivity index (χ3v) is 12.8. The van der Waals surface area contributed by atoms with Crippen molar-refractivity contribution in [3.8, 4) is 0 Å². The van der Waals surface area contributed by atoms with Crippen molar-refractivity contribution < 1.29 is 24.5 Å². The summed E-state index contributed by atoms with van der Waals surface area (Å²) in [7, 11) is 0. The molecule has 0 aromatic carbocycles. The van der Waals surface area contributed by atoms with Crippen LogP contribution in [-0.2, 0) is 14.3 Å². The van der Waals surface area contributed by atoms with E-state index in [9.17, 15) is 19.8 Å². The molecule has 0 heterocycles. The molecule has 0 fully saturated rings. The molecular weight excluding hydrogens is 803 g/mol. The van der Waals surface area contributed by atoms with Crippen LogP contribution < -0.4 is 5.32 Å². The largest absolute Gasteiger partial charge is 0.466 e. The molecule has 0 rings (SSSR count). The van der Waals surface area contributed by atoms with Gasteiger partial charge in [0.25, 0.3) is 0 Å². The van der Waals surface area contributed by atoms with Crippen molar-refractivity contribution in [3.63, 3.8) is 0 Å². The summed E-state index contributed by atoms with van der Waals surface area (Å²) < 4.78 is 5.48. The number of unbranched alkanes of at least 4 members (excludes halogenated alkanes) is 35. The van der Waals surface area contributed by atoms with Crippen LogP contribution in [0.15, 0.2) is 48.6 Å². The summed E-state index contributed by atoms with van der Waals surface area (Å²) in [5.41, 5.74) is 0. The maximum Gasteiger partial charge on any atom is 0.305 e. The van der Waals surface area contributed by atoms with E-state index in [4.69, 9.17) is 4.74 Å². The summed E-state index contributed by atoms with van der Waals surface area (Å²) in [6.45, 7) is 4.85. The van der Waals surface area contributed by atoms with E-state index in [0.29, 0.717) is 19.4 Å². The minimum atomic E-state index is -0.849. The van der Waals surface area contributed by atoms with Gasteiger partial charge in [-0.05, 0) is 89.9 Å². The highest BCUT2D eigenvalue weighted by atomic mass is 16.5. The number of hydrogen-bond donors (Lipinski definition) is 3. The van der Waals surface area contributed by atoms with Crippen LogP contribution in [-0.4, -0.2) is 47.4 Å². The number of carbonyl (C=O) groups excluding carboxylic acids is 2. The van der Waals surface area contributed by atoms with Crippen LogP contribution in [0.3, 0.4) is 0 Å². The van der Waals surface area contributed by atoms with Gasteiger partial charge in [-0.25, -0.2) is 0 Å². The lowest BCUT2D eigenvalue weighted by Crippen LogP contribution is -2.45. The van der Waals surface area contributed by atoms with Crippen LogP contribution in [0.4, 0.5) is 0 Å². The first-order valence-corrected chi connectivity index (χ1v) is 28.4. The van der Waals surface area contributed by atoms with Gasteiger partial charge < -0.3 is 20.3 Å². The minimum Gasteiger partial charge on any atom is -0.466 e. The van der Waals surface area contributed by atoms with Crippen molar-refractivity contribution in [3.05, 3.63) is 48.6 Å². The lowest BCUT2D eigenvalue weighted by atomic mass is 10.1. The lowest BCUT2D eigenvalue weighted by molar-refractivity contribution is -0.143. The SMILES string of the molecule is CCCCCC/C=C\C/C=C\CCCCCCCCCC(=O)OCCCCCCCCCCC/C=C\CCCCCCCCCC(=O)NC(CO)C(O)/C=C/CCCCCCCCCC. The van der Waals surface area contributed by atoms with Crippen LogP contribution in [0.1, 0.15) is 290 Å². The average Bonchev–Trinajstić information content (AvgIpc) is 3.31. The molecule has 0 aromatic heterocycles. The van der Waals surface area contributed by atoms with Crippen LogP contribution in [0, 0.1) is 0 Å². The summed E-state index contributed by atoms with van der Waals surface area (Å²) in [4.78, 5) is 24.5. The molecular formula is C59H109NO5. The van der Waals surface area contributed by atoms with Crippen LogP contribution in [0.5, 0.6) is 0 Å². The van der Waals surface area contributed by atoms with Crippen molar-refractivity contribution in [2.75, 3.05) is 13.2 Å². The first-order valence-electron chi connectivity index (χ1n) is 28.4. The third kappa shape index (κ3) is 51.1. The van der Waals surface area contributed by atoms with E-state index in [0.717, 1.165) is 57.8 Å². The minimum absolute atomic E-state index is 0.00259. The summed E-state index contributed by atoms with van der Waals surface area (Å²) in [5, 5.41) is 23.0. The Bertz CT molecular complexity index is 1100. The van der Waals surface area contributed by atoms with Crippen molar-refractivity contribution >= 4 is 11.9 Å². The van der Waals surface area contributed by atoms with Gasteiger partial charge in [0.2, 0.25) is 5.91 Å². The summed E-state index contributed by atoms with van der Waals surface area (Å²) in [5.74, 6) is -0.0821. The topological polar surface area (TPSA) is 95.9 Å². The van der Waals surface area contributed by atoms with Crippen molar-refractivity contribution in [1.29, 1.82) is 0 Å². The van der Waals surface area contributed by atoms with E-state index in [2.05, 4.69) is 55.6 Å². The highest BCUT2D eigenvalue weighted by Crippen LogP contribution is 2.15. The second-order valence-electron chi connectivity index (χ2n) is 19.3. The molecule has 1 amide bonds. The first kappa shape index (κ1) is 62.8. The van der Waals surface area contributed by atoms with Gasteiger partial charge in [-0.2, -0.15) is 0 Å². The van der Waals surface area contributed by atoms with Gasteiger partial charge in [-0.3, -0.25) is 9.59 Å². The summed E-state index contributed by atoms with van der Waals surface area (Å²) >= 11 is 0. The molecule has 6 heteroatoms. The fourth-order valence-corrected chi connectivity index (χ4v) is 8.42. The predicted octanol–water partition coefficient (Wildman–Crippen LogP) is 17.4. The molecule has 0 spiro atoms. The molecule has 0 aliphatic heterocycles. The number of aliphatic hydroxyl groups excluding tert-OH is 2. The second-order valence-corrected chi connectivity index (χ2v) is 19.3. The highest BCUT2D eigenvalue weighted by Gasteiger charge is 2.18. The summed E-state index contributed by atoms with van der Waals surface area (Å²) in [6, 6.07) is -0.633. The van der Waals surface area contributed by atoms with Crippen molar-refractivity contribution in [2.45, 2.75) is 302 Å². The number of hydrogen-bond acceptors (Lipinski definition) is 5. The molecule has 65 heavy (non-hydrogen) atoms. The molecule has 0 saturated carbocycles. The Balaban J connectivity index is 3.43. The number of aliphatic hydroxyl groups is 2. The zero-order valence-electron chi connectivity index (χ0n) is 43.2. The predicted molar refractivity (Wildman–Crippen MR) is 282 cm³/mol. The number of carbonyl (C=O) groups is 2. The van der Waals surface area contributed by atoms with Gasteiger partial charge in [-0.1, -0.05) is 236 Å². The summed E-state index contributed by atoms with van der Waals surface area (Å²) in [6.07, 6.45) is 68.5. The van der Waals surface area contributed by atoms with Gasteiger partial charge in [0.15, 0.2) is 0 Å². The molecule has 0 bridgehead atoms. The molecule has 380 valence electrons. The quantitative estimate of drug-likeness (QED) is 0.0321. The van der Waals surface area contributed by atoms with Crippen molar-refractivity contribution in [2.24, 2.45) is 0 Å². The van der Waals surface area contributed by atoms with E-state index in [1.165, 1.54) is 205 Å². The second kappa shape index (κ2) is 54.4. The zero-order chi connectivity index (χ0) is 47.2. The molecule has 0 aliphatic carbocycles. The lowest BCUT2D eigenvalue weighted by Gasteiger charge is -2.20. The standard InChI is InChI=1S/C59H109NO5/c1-3-5-7-9-11-13-15-16-17-18-24-27-30-33-37-41-45-49-53-59(64)65-54-50-46-42-38-34-31-28-25-22-20-19-21-23-26-29-32-36-40-44-48-52-58(63)60-56(55-61)57(62)51-47-43-39-35-14-12-10-8-6-4-2/h13,15,17-19,21,47,51,56-57,61-62H,3-12,14,16,20,22-46,48-50,52-55H2,1-2H3,(H,60,63)/b15-13-,18-17-,21-19-,51-47+.